The van der Waals surface area contributed by atoms with Crippen molar-refractivity contribution in [3.63, 3.8) is 0 Å². The van der Waals surface area contributed by atoms with Gasteiger partial charge in [0.25, 0.3) is 5.91 Å². The highest BCUT2D eigenvalue weighted by Crippen LogP contribution is 2.10. The van der Waals surface area contributed by atoms with Gasteiger partial charge in [-0.15, -0.1) is 0 Å². The summed E-state index contributed by atoms with van der Waals surface area (Å²) in [5, 5.41) is 3.78. The van der Waals surface area contributed by atoms with Crippen molar-refractivity contribution in [2.45, 2.75) is 0 Å². The molecule has 0 spiro atoms. The van der Waals surface area contributed by atoms with E-state index in [1.165, 1.54) is 30.5 Å². The number of carbonyl (C=O) groups is 1. The van der Waals surface area contributed by atoms with Crippen molar-refractivity contribution in [1.29, 1.82) is 0 Å². The van der Waals surface area contributed by atoms with Gasteiger partial charge in [-0.25, -0.2) is 9.82 Å². The molecule has 0 radical (unpaired) electrons. The second kappa shape index (κ2) is 6.98. The van der Waals surface area contributed by atoms with Crippen molar-refractivity contribution >= 4 is 12.1 Å². The summed E-state index contributed by atoms with van der Waals surface area (Å²) in [5.74, 6) is -0.344. The van der Waals surface area contributed by atoms with E-state index in [0.29, 0.717) is 5.75 Å². The highest BCUT2D eigenvalue weighted by molar-refractivity contribution is 5.82. The van der Waals surface area contributed by atoms with Crippen LogP contribution >= 0.6 is 0 Å². The quantitative estimate of drug-likeness (QED) is 0.666. The minimum atomic E-state index is -0.403. The first kappa shape index (κ1) is 13.7. The molecular formula is C14H12FN3O2. The molecule has 0 atom stereocenters. The monoisotopic (exact) mass is 273 g/mol. The van der Waals surface area contributed by atoms with Crippen LogP contribution in [0.25, 0.3) is 0 Å². The molecule has 2 aromatic rings. The minimum Gasteiger partial charge on any atom is -0.484 e. The van der Waals surface area contributed by atoms with E-state index >= 15 is 0 Å². The van der Waals surface area contributed by atoms with Crippen molar-refractivity contribution in [2.24, 2.45) is 5.10 Å². The predicted molar refractivity (Wildman–Crippen MR) is 71.9 cm³/mol. The Hall–Kier alpha value is -2.76. The molecule has 0 saturated heterocycles. The largest absolute Gasteiger partial charge is 0.484 e. The van der Waals surface area contributed by atoms with Crippen LogP contribution in [0.3, 0.4) is 0 Å². The summed E-state index contributed by atoms with van der Waals surface area (Å²) in [7, 11) is 0. The number of hydrazone groups is 1. The van der Waals surface area contributed by atoms with Crippen LogP contribution in [-0.2, 0) is 4.79 Å². The molecule has 0 aliphatic rings. The molecule has 20 heavy (non-hydrogen) atoms. The summed E-state index contributed by atoms with van der Waals surface area (Å²) in [4.78, 5) is 15.3. The van der Waals surface area contributed by atoms with Crippen LogP contribution in [0.15, 0.2) is 53.9 Å². The average Bonchev–Trinajstić information content (AvgIpc) is 2.48. The fourth-order valence-electron chi connectivity index (χ4n) is 1.34. The van der Waals surface area contributed by atoms with Gasteiger partial charge in [0, 0.05) is 12.4 Å². The van der Waals surface area contributed by atoms with Crippen LogP contribution < -0.4 is 10.2 Å². The summed E-state index contributed by atoms with van der Waals surface area (Å²) >= 11 is 0. The van der Waals surface area contributed by atoms with Crippen LogP contribution in [0.5, 0.6) is 5.75 Å². The third-order valence-electron chi connectivity index (χ3n) is 2.29. The third-order valence-corrected chi connectivity index (χ3v) is 2.29. The summed E-state index contributed by atoms with van der Waals surface area (Å²) in [6.45, 7) is -0.195. The van der Waals surface area contributed by atoms with Gasteiger partial charge in [0.2, 0.25) is 0 Å². The average molecular weight is 273 g/mol. The van der Waals surface area contributed by atoms with Crippen LogP contribution in [0, 0.1) is 5.82 Å². The molecule has 2 rings (SSSR count). The van der Waals surface area contributed by atoms with E-state index in [0.717, 1.165) is 5.56 Å². The van der Waals surface area contributed by atoms with Crippen LogP contribution in [0.1, 0.15) is 5.56 Å². The number of aromatic nitrogens is 1. The molecule has 1 amide bonds. The van der Waals surface area contributed by atoms with Gasteiger partial charge in [-0.2, -0.15) is 5.10 Å². The number of ether oxygens (including phenoxy) is 1. The van der Waals surface area contributed by atoms with Gasteiger partial charge >= 0.3 is 0 Å². The first-order chi connectivity index (χ1) is 9.74. The molecule has 1 aromatic carbocycles. The molecule has 6 heteroatoms. The molecular weight excluding hydrogens is 261 g/mol. The normalized spacial score (nSPS) is 10.4. The van der Waals surface area contributed by atoms with Crippen molar-refractivity contribution in [3.8, 4) is 5.75 Å². The first-order valence-electron chi connectivity index (χ1n) is 5.84. The number of carbonyl (C=O) groups excluding carboxylic acids is 1. The molecule has 1 heterocycles. The highest BCUT2D eigenvalue weighted by Gasteiger charge is 2.01. The Balaban J connectivity index is 1.76. The van der Waals surface area contributed by atoms with E-state index in [1.807, 2.05) is 0 Å². The van der Waals surface area contributed by atoms with E-state index in [-0.39, 0.29) is 12.4 Å². The zero-order valence-electron chi connectivity index (χ0n) is 10.5. The number of pyridine rings is 1. The summed E-state index contributed by atoms with van der Waals surface area (Å²) in [5.41, 5.74) is 3.14. The molecule has 0 saturated carbocycles. The van der Waals surface area contributed by atoms with Crippen LogP contribution in [-0.4, -0.2) is 23.7 Å². The number of hydrogen-bond donors (Lipinski definition) is 1. The zero-order valence-corrected chi connectivity index (χ0v) is 10.5. The zero-order chi connectivity index (χ0) is 14.2. The molecule has 0 unspecified atom stereocenters. The van der Waals surface area contributed by atoms with E-state index in [1.54, 1.807) is 24.5 Å². The topological polar surface area (TPSA) is 63.6 Å². The molecule has 0 aliphatic carbocycles. The number of hydrogen-bond acceptors (Lipinski definition) is 4. The Bertz CT molecular complexity index is 585. The second-order valence-corrected chi connectivity index (χ2v) is 3.82. The van der Waals surface area contributed by atoms with Gasteiger partial charge in [0.1, 0.15) is 11.6 Å². The highest BCUT2D eigenvalue weighted by atomic mass is 19.1. The Morgan fingerprint density at radius 3 is 2.65 bits per heavy atom. The number of nitrogens with zero attached hydrogens (tertiary/aromatic N) is 2. The molecule has 102 valence electrons. The molecule has 1 N–H and O–H groups in total. The van der Waals surface area contributed by atoms with Crippen molar-refractivity contribution in [2.75, 3.05) is 6.61 Å². The minimum absolute atomic E-state index is 0.195. The van der Waals surface area contributed by atoms with E-state index < -0.39 is 5.91 Å². The number of nitrogens with one attached hydrogen (secondary N) is 1. The smallest absolute Gasteiger partial charge is 0.277 e. The lowest BCUT2D eigenvalue weighted by Gasteiger charge is -2.04. The fourth-order valence-corrected chi connectivity index (χ4v) is 1.34. The Morgan fingerprint density at radius 2 is 1.95 bits per heavy atom. The van der Waals surface area contributed by atoms with E-state index in [9.17, 15) is 9.18 Å². The Morgan fingerprint density at radius 1 is 1.25 bits per heavy atom. The molecule has 1 aromatic heterocycles. The number of halogens is 1. The molecule has 0 fully saturated rings. The second-order valence-electron chi connectivity index (χ2n) is 3.82. The van der Waals surface area contributed by atoms with Gasteiger partial charge in [-0.1, -0.05) is 0 Å². The fraction of sp³-hybridized carbons (Fsp3) is 0.0714. The van der Waals surface area contributed by atoms with Gasteiger partial charge in [-0.05, 0) is 42.0 Å². The van der Waals surface area contributed by atoms with E-state index in [2.05, 4.69) is 15.5 Å². The SMILES string of the molecule is O=C(COc1ccc(F)cc1)NN=Cc1ccncc1. The van der Waals surface area contributed by atoms with Crippen LogP contribution in [0.4, 0.5) is 4.39 Å². The lowest BCUT2D eigenvalue weighted by Crippen LogP contribution is -2.24. The summed E-state index contributed by atoms with van der Waals surface area (Å²) in [6.07, 6.45) is 4.75. The van der Waals surface area contributed by atoms with Crippen molar-refractivity contribution in [1.82, 2.24) is 10.4 Å². The van der Waals surface area contributed by atoms with Gasteiger partial charge in [0.05, 0.1) is 6.21 Å². The standard InChI is InChI=1S/C14H12FN3O2/c15-12-1-3-13(4-2-12)20-10-14(19)18-17-9-11-5-7-16-8-6-11/h1-9H,10H2,(H,18,19). The lowest BCUT2D eigenvalue weighted by molar-refractivity contribution is -0.123. The predicted octanol–water partition coefficient (Wildman–Crippen LogP) is 1.75. The number of amides is 1. The van der Waals surface area contributed by atoms with Crippen molar-refractivity contribution in [3.05, 3.63) is 60.2 Å². The maximum atomic E-state index is 12.7. The number of rotatable bonds is 5. The summed E-state index contributed by atoms with van der Waals surface area (Å²) in [6, 6.07) is 8.92. The maximum absolute atomic E-state index is 12.7. The molecule has 0 bridgehead atoms. The number of benzene rings is 1. The maximum Gasteiger partial charge on any atom is 0.277 e. The Labute approximate surface area is 115 Å². The van der Waals surface area contributed by atoms with Gasteiger partial charge < -0.3 is 4.74 Å². The Kier molecular flexibility index (Phi) is 4.77. The lowest BCUT2D eigenvalue weighted by atomic mass is 10.3. The summed E-state index contributed by atoms with van der Waals surface area (Å²) < 4.78 is 17.8. The van der Waals surface area contributed by atoms with Gasteiger partial charge in [-0.3, -0.25) is 9.78 Å². The third kappa shape index (κ3) is 4.49. The van der Waals surface area contributed by atoms with Crippen LogP contribution in [0.2, 0.25) is 0 Å². The van der Waals surface area contributed by atoms with Crippen molar-refractivity contribution < 1.29 is 13.9 Å². The van der Waals surface area contributed by atoms with E-state index in [4.69, 9.17) is 4.74 Å². The molecule has 5 nitrogen and oxygen atoms in total. The first-order valence-corrected chi connectivity index (χ1v) is 5.84. The van der Waals surface area contributed by atoms with Gasteiger partial charge in [0.15, 0.2) is 6.61 Å². The molecule has 0 aliphatic heterocycles.